The Bertz CT molecular complexity index is 330. The van der Waals surface area contributed by atoms with Crippen LogP contribution in [0, 0.1) is 5.92 Å². The van der Waals surface area contributed by atoms with E-state index in [4.69, 9.17) is 0 Å². The number of anilines is 1. The zero-order valence-electron chi connectivity index (χ0n) is 9.93. The van der Waals surface area contributed by atoms with Gasteiger partial charge in [0.25, 0.3) is 0 Å². The van der Waals surface area contributed by atoms with Crippen LogP contribution in [0.5, 0.6) is 0 Å². The van der Waals surface area contributed by atoms with E-state index in [1.54, 1.807) is 0 Å². The number of fused-ring (bicyclic) bond motifs is 1. The van der Waals surface area contributed by atoms with Gasteiger partial charge in [0.1, 0.15) is 0 Å². The van der Waals surface area contributed by atoms with Crippen LogP contribution in [0.15, 0.2) is 0 Å². The second-order valence-electron chi connectivity index (χ2n) is 4.70. The summed E-state index contributed by atoms with van der Waals surface area (Å²) in [6, 6.07) is 0. The van der Waals surface area contributed by atoms with Crippen LogP contribution in [0.2, 0.25) is 0 Å². The first-order valence-corrected chi connectivity index (χ1v) is 6.05. The van der Waals surface area contributed by atoms with Gasteiger partial charge < -0.3 is 5.32 Å². The number of hydrogen-bond acceptors (Lipinski definition) is 2. The quantitative estimate of drug-likeness (QED) is 0.800. The zero-order chi connectivity index (χ0) is 10.8. The van der Waals surface area contributed by atoms with Gasteiger partial charge in [-0.1, -0.05) is 20.8 Å². The Hall–Kier alpha value is -0.990. The van der Waals surface area contributed by atoms with Crippen molar-refractivity contribution in [1.29, 1.82) is 0 Å². The first-order valence-electron chi connectivity index (χ1n) is 6.05. The molecule has 1 heterocycles. The first kappa shape index (κ1) is 10.5. The van der Waals surface area contributed by atoms with Crippen molar-refractivity contribution >= 4 is 5.82 Å². The molecule has 3 heteroatoms. The van der Waals surface area contributed by atoms with Gasteiger partial charge in [-0.3, -0.25) is 5.10 Å². The van der Waals surface area contributed by atoms with Crippen LogP contribution in [-0.4, -0.2) is 16.7 Å². The number of rotatable bonds is 3. The maximum absolute atomic E-state index is 4.38. The number of aromatic nitrogens is 2. The third-order valence-electron chi connectivity index (χ3n) is 3.60. The molecule has 0 bridgehead atoms. The molecule has 15 heavy (non-hydrogen) atoms. The van der Waals surface area contributed by atoms with Crippen LogP contribution >= 0.6 is 0 Å². The number of H-pyrrole nitrogens is 1. The Labute approximate surface area is 91.7 Å². The number of nitrogens with zero attached hydrogens (tertiary/aromatic N) is 1. The summed E-state index contributed by atoms with van der Waals surface area (Å²) in [5.74, 6) is 2.49. The molecular weight excluding hydrogens is 186 g/mol. The summed E-state index contributed by atoms with van der Waals surface area (Å²) in [5.41, 5.74) is 2.78. The Morgan fingerprint density at radius 2 is 2.27 bits per heavy atom. The minimum absolute atomic E-state index is 0.624. The summed E-state index contributed by atoms with van der Waals surface area (Å²) in [6.45, 7) is 7.82. The van der Waals surface area contributed by atoms with Crippen LogP contribution in [0.3, 0.4) is 0 Å². The molecule has 0 spiro atoms. The lowest BCUT2D eigenvalue weighted by Crippen LogP contribution is -2.16. The average Bonchev–Trinajstić information content (AvgIpc) is 2.64. The van der Waals surface area contributed by atoms with E-state index in [-0.39, 0.29) is 0 Å². The highest BCUT2D eigenvalue weighted by Gasteiger charge is 2.27. The Kier molecular flexibility index (Phi) is 2.98. The summed E-state index contributed by atoms with van der Waals surface area (Å²) in [6.07, 6.45) is 3.60. The van der Waals surface area contributed by atoms with E-state index in [0.717, 1.165) is 24.7 Å². The molecule has 3 nitrogen and oxygen atoms in total. The summed E-state index contributed by atoms with van der Waals surface area (Å²) in [5, 5.41) is 11.0. The van der Waals surface area contributed by atoms with Crippen LogP contribution in [0.25, 0.3) is 0 Å². The third-order valence-corrected chi connectivity index (χ3v) is 3.60. The van der Waals surface area contributed by atoms with Gasteiger partial charge in [0.2, 0.25) is 0 Å². The lowest BCUT2D eigenvalue weighted by Gasteiger charge is -2.25. The molecule has 1 aromatic rings. The van der Waals surface area contributed by atoms with Crippen molar-refractivity contribution in [2.75, 3.05) is 11.9 Å². The molecule has 0 aliphatic heterocycles. The molecular formula is C12H21N3. The molecule has 0 amide bonds. The highest BCUT2D eigenvalue weighted by molar-refractivity contribution is 5.48. The fourth-order valence-electron chi connectivity index (χ4n) is 2.30. The highest BCUT2D eigenvalue weighted by Crippen LogP contribution is 2.37. The predicted molar refractivity (Wildman–Crippen MR) is 63.3 cm³/mol. The smallest absolute Gasteiger partial charge is 0.151 e. The van der Waals surface area contributed by atoms with Gasteiger partial charge in [0, 0.05) is 23.7 Å². The highest BCUT2D eigenvalue weighted by atomic mass is 15.2. The van der Waals surface area contributed by atoms with Gasteiger partial charge in [-0.25, -0.2) is 0 Å². The molecule has 0 saturated carbocycles. The zero-order valence-corrected chi connectivity index (χ0v) is 9.93. The Morgan fingerprint density at radius 1 is 1.47 bits per heavy atom. The maximum Gasteiger partial charge on any atom is 0.151 e. The van der Waals surface area contributed by atoms with Gasteiger partial charge in [-0.2, -0.15) is 5.10 Å². The topological polar surface area (TPSA) is 40.7 Å². The lowest BCUT2D eigenvalue weighted by atomic mass is 9.81. The van der Waals surface area contributed by atoms with Gasteiger partial charge >= 0.3 is 0 Å². The van der Waals surface area contributed by atoms with Crippen molar-refractivity contribution < 1.29 is 0 Å². The SMILES string of the molecule is CCCNc1n[nH]c2c1CCC(C)C2C. The monoisotopic (exact) mass is 207 g/mol. The Morgan fingerprint density at radius 3 is 3.00 bits per heavy atom. The lowest BCUT2D eigenvalue weighted by molar-refractivity contribution is 0.419. The molecule has 2 atom stereocenters. The molecule has 0 fully saturated rings. The third kappa shape index (κ3) is 1.87. The van der Waals surface area contributed by atoms with Crippen molar-refractivity contribution in [2.24, 2.45) is 5.92 Å². The van der Waals surface area contributed by atoms with Crippen molar-refractivity contribution in [1.82, 2.24) is 10.2 Å². The van der Waals surface area contributed by atoms with Crippen molar-refractivity contribution in [3.05, 3.63) is 11.3 Å². The molecule has 2 unspecified atom stereocenters. The maximum atomic E-state index is 4.38. The first-order chi connectivity index (χ1) is 7.24. The summed E-state index contributed by atoms with van der Waals surface area (Å²) < 4.78 is 0. The van der Waals surface area contributed by atoms with E-state index in [0.29, 0.717) is 5.92 Å². The second-order valence-corrected chi connectivity index (χ2v) is 4.70. The number of nitrogens with one attached hydrogen (secondary N) is 2. The van der Waals surface area contributed by atoms with Crippen LogP contribution in [0.1, 0.15) is 50.8 Å². The van der Waals surface area contributed by atoms with Gasteiger partial charge in [0.15, 0.2) is 5.82 Å². The van der Waals surface area contributed by atoms with Gasteiger partial charge in [-0.15, -0.1) is 0 Å². The minimum atomic E-state index is 0.624. The standard InChI is InChI=1S/C12H21N3/c1-4-7-13-12-10-6-5-8(2)9(3)11(10)14-15-12/h8-9H,4-7H2,1-3H3,(H2,13,14,15). The number of hydrogen-bond donors (Lipinski definition) is 2. The largest absolute Gasteiger partial charge is 0.368 e. The second kappa shape index (κ2) is 4.25. The molecule has 2 rings (SSSR count). The van der Waals surface area contributed by atoms with Crippen molar-refractivity contribution in [2.45, 2.75) is 46.0 Å². The molecule has 1 aromatic heterocycles. The van der Waals surface area contributed by atoms with E-state index in [1.165, 1.54) is 24.1 Å². The number of aromatic amines is 1. The Balaban J connectivity index is 2.20. The van der Waals surface area contributed by atoms with Crippen molar-refractivity contribution in [3.8, 4) is 0 Å². The molecule has 2 N–H and O–H groups in total. The van der Waals surface area contributed by atoms with E-state index in [9.17, 15) is 0 Å². The molecule has 1 aliphatic rings. The summed E-state index contributed by atoms with van der Waals surface area (Å²) >= 11 is 0. The van der Waals surface area contributed by atoms with Gasteiger partial charge in [0.05, 0.1) is 0 Å². The minimum Gasteiger partial charge on any atom is -0.368 e. The predicted octanol–water partition coefficient (Wildman–Crippen LogP) is 2.92. The van der Waals surface area contributed by atoms with Crippen molar-refractivity contribution in [3.63, 3.8) is 0 Å². The average molecular weight is 207 g/mol. The molecule has 84 valence electrons. The van der Waals surface area contributed by atoms with E-state index in [2.05, 4.69) is 36.3 Å². The molecule has 0 radical (unpaired) electrons. The summed E-state index contributed by atoms with van der Waals surface area (Å²) in [4.78, 5) is 0. The van der Waals surface area contributed by atoms with E-state index >= 15 is 0 Å². The molecule has 0 saturated heterocycles. The normalized spacial score (nSPS) is 25.0. The molecule has 1 aliphatic carbocycles. The fraction of sp³-hybridized carbons (Fsp3) is 0.750. The van der Waals surface area contributed by atoms with Gasteiger partial charge in [-0.05, 0) is 25.2 Å². The summed E-state index contributed by atoms with van der Waals surface area (Å²) in [7, 11) is 0. The van der Waals surface area contributed by atoms with E-state index < -0.39 is 0 Å². The van der Waals surface area contributed by atoms with Crippen LogP contribution in [0.4, 0.5) is 5.82 Å². The fourth-order valence-corrected chi connectivity index (χ4v) is 2.30. The molecule has 0 aromatic carbocycles. The van der Waals surface area contributed by atoms with Crippen LogP contribution < -0.4 is 5.32 Å². The van der Waals surface area contributed by atoms with E-state index in [1.807, 2.05) is 0 Å². The van der Waals surface area contributed by atoms with Crippen LogP contribution in [-0.2, 0) is 6.42 Å².